The predicted molar refractivity (Wildman–Crippen MR) is 126 cm³/mol. The lowest BCUT2D eigenvalue weighted by Gasteiger charge is -2.19. The fourth-order valence-electron chi connectivity index (χ4n) is 3.91. The lowest BCUT2D eigenvalue weighted by Crippen LogP contribution is -2.29. The Morgan fingerprint density at radius 2 is 1.51 bits per heavy atom. The van der Waals surface area contributed by atoms with Gasteiger partial charge in [0, 0.05) is 12.2 Å². The van der Waals surface area contributed by atoms with Crippen LogP contribution in [0, 0.1) is 0 Å². The smallest absolute Gasteiger partial charge is 0.416 e. The summed E-state index contributed by atoms with van der Waals surface area (Å²) in [4.78, 5) is 24.4. The summed E-state index contributed by atoms with van der Waals surface area (Å²) in [6.07, 6.45) is -9.73. The average molecular weight is 572 g/mol. The molecule has 1 N–H and O–H groups in total. The van der Waals surface area contributed by atoms with Crippen molar-refractivity contribution in [3.05, 3.63) is 89.0 Å². The van der Waals surface area contributed by atoms with Gasteiger partial charge in [-0.1, -0.05) is 24.3 Å². The van der Waals surface area contributed by atoms with Crippen molar-refractivity contribution in [2.75, 3.05) is 22.8 Å². The van der Waals surface area contributed by atoms with E-state index in [4.69, 9.17) is 4.74 Å². The maximum atomic E-state index is 13.2. The fourth-order valence-corrected chi connectivity index (χ4v) is 5.46. The zero-order chi connectivity index (χ0) is 28.6. The molecule has 0 atom stereocenters. The molecular weight excluding hydrogens is 554 g/mol. The minimum absolute atomic E-state index is 0.0997. The lowest BCUT2D eigenvalue weighted by atomic mass is 10.1. The SMILES string of the molecule is O=C(COC(=O)c1cccc(S(=O)(=O)N2CCc3ccccc32)c1)Nc1cc(C(F)(F)F)cc(C(F)(F)F)c1. The molecule has 0 unspecified atom stereocenters. The topological polar surface area (TPSA) is 92.8 Å². The summed E-state index contributed by atoms with van der Waals surface area (Å²) >= 11 is 0. The first-order chi connectivity index (χ1) is 18.2. The summed E-state index contributed by atoms with van der Waals surface area (Å²) in [5.41, 5.74) is -2.98. The number of carbonyl (C=O) groups is 2. The second kappa shape index (κ2) is 10.2. The number of rotatable bonds is 6. The Hall–Kier alpha value is -4.07. The van der Waals surface area contributed by atoms with E-state index < -0.39 is 57.7 Å². The molecule has 39 heavy (non-hydrogen) atoms. The first kappa shape index (κ1) is 28.0. The van der Waals surface area contributed by atoms with Gasteiger partial charge >= 0.3 is 18.3 Å². The van der Waals surface area contributed by atoms with Gasteiger partial charge in [0.05, 0.1) is 27.3 Å². The van der Waals surface area contributed by atoms with Gasteiger partial charge in [0.1, 0.15) is 0 Å². The van der Waals surface area contributed by atoms with E-state index >= 15 is 0 Å². The van der Waals surface area contributed by atoms with Crippen LogP contribution in [0.3, 0.4) is 0 Å². The molecular formula is C25H18F6N2O5S. The highest BCUT2D eigenvalue weighted by molar-refractivity contribution is 7.92. The van der Waals surface area contributed by atoms with Crippen LogP contribution in [0.5, 0.6) is 0 Å². The predicted octanol–water partition coefficient (Wildman–Crippen LogP) is 5.27. The van der Waals surface area contributed by atoms with Gasteiger partial charge in [-0.15, -0.1) is 0 Å². The van der Waals surface area contributed by atoms with Crippen molar-refractivity contribution in [1.82, 2.24) is 0 Å². The molecule has 0 saturated heterocycles. The number of alkyl halides is 6. The summed E-state index contributed by atoms with van der Waals surface area (Å²) in [6.45, 7) is -0.866. The van der Waals surface area contributed by atoms with E-state index in [-0.39, 0.29) is 23.1 Å². The van der Waals surface area contributed by atoms with Gasteiger partial charge in [-0.3, -0.25) is 9.10 Å². The highest BCUT2D eigenvalue weighted by Gasteiger charge is 2.37. The standard InChI is InChI=1S/C25H18F6N2O5S/c26-24(27,28)17-11-18(25(29,30)31)13-19(12-17)32-22(34)14-38-23(35)16-5-3-6-20(10-16)39(36,37)33-9-8-15-4-1-2-7-21(15)33/h1-7,10-13H,8-9,14H2,(H,32,34). The van der Waals surface area contributed by atoms with Crippen molar-refractivity contribution in [1.29, 1.82) is 0 Å². The number of esters is 1. The Bertz CT molecular complexity index is 1500. The largest absolute Gasteiger partial charge is 0.452 e. The third-order valence-electron chi connectivity index (χ3n) is 5.71. The summed E-state index contributed by atoms with van der Waals surface area (Å²) in [5.74, 6) is -2.35. The number of halogens is 6. The maximum Gasteiger partial charge on any atom is 0.416 e. The number of amides is 1. The minimum atomic E-state index is -5.12. The molecule has 0 aliphatic carbocycles. The van der Waals surface area contributed by atoms with E-state index in [0.717, 1.165) is 11.6 Å². The lowest BCUT2D eigenvalue weighted by molar-refractivity contribution is -0.143. The second-order valence-corrected chi connectivity index (χ2v) is 10.3. The molecule has 14 heteroatoms. The van der Waals surface area contributed by atoms with E-state index in [1.807, 2.05) is 5.32 Å². The Morgan fingerprint density at radius 3 is 2.15 bits per heavy atom. The fraction of sp³-hybridized carbons (Fsp3) is 0.200. The highest BCUT2D eigenvalue weighted by Crippen LogP contribution is 2.37. The molecule has 0 fully saturated rings. The quantitative estimate of drug-likeness (QED) is 0.321. The number of fused-ring (bicyclic) bond motifs is 1. The van der Waals surface area contributed by atoms with E-state index in [2.05, 4.69) is 0 Å². The van der Waals surface area contributed by atoms with Crippen LogP contribution in [0.4, 0.5) is 37.7 Å². The van der Waals surface area contributed by atoms with Crippen LogP contribution < -0.4 is 9.62 Å². The molecule has 1 heterocycles. The number of hydrogen-bond acceptors (Lipinski definition) is 5. The number of benzene rings is 3. The Labute approximate surface area is 218 Å². The average Bonchev–Trinajstić information content (AvgIpc) is 3.31. The number of hydrogen-bond donors (Lipinski definition) is 1. The number of nitrogens with one attached hydrogen (secondary N) is 1. The monoisotopic (exact) mass is 572 g/mol. The van der Waals surface area contributed by atoms with Crippen molar-refractivity contribution in [2.45, 2.75) is 23.7 Å². The number of sulfonamides is 1. The number of carbonyl (C=O) groups excluding carboxylic acids is 2. The van der Waals surface area contributed by atoms with E-state index in [0.29, 0.717) is 24.2 Å². The van der Waals surface area contributed by atoms with E-state index in [1.165, 1.54) is 22.5 Å². The van der Waals surface area contributed by atoms with Gasteiger partial charge in [-0.2, -0.15) is 26.3 Å². The third kappa shape index (κ3) is 6.16. The van der Waals surface area contributed by atoms with Gasteiger partial charge in [0.15, 0.2) is 6.61 Å². The summed E-state index contributed by atoms with van der Waals surface area (Å²) in [6, 6.07) is 12.2. The molecule has 3 aromatic carbocycles. The van der Waals surface area contributed by atoms with Gasteiger partial charge in [-0.05, 0) is 54.4 Å². The maximum absolute atomic E-state index is 13.2. The summed E-state index contributed by atoms with van der Waals surface area (Å²) in [5, 5.41) is 1.84. The van der Waals surface area contributed by atoms with E-state index in [9.17, 15) is 44.3 Å². The zero-order valence-electron chi connectivity index (χ0n) is 19.6. The second-order valence-electron chi connectivity index (χ2n) is 8.40. The molecule has 4 rings (SSSR count). The Morgan fingerprint density at radius 1 is 0.872 bits per heavy atom. The normalized spacial score (nSPS) is 13.6. The molecule has 0 saturated carbocycles. The van der Waals surface area contributed by atoms with Gasteiger partial charge < -0.3 is 10.1 Å². The van der Waals surface area contributed by atoms with Crippen molar-refractivity contribution < 1.29 is 49.1 Å². The van der Waals surface area contributed by atoms with Crippen LogP contribution in [-0.4, -0.2) is 33.4 Å². The zero-order valence-corrected chi connectivity index (χ0v) is 20.5. The number of anilines is 2. The molecule has 7 nitrogen and oxygen atoms in total. The first-order valence-corrected chi connectivity index (χ1v) is 12.6. The Kier molecular flexibility index (Phi) is 7.34. The van der Waals surface area contributed by atoms with Crippen LogP contribution in [0.15, 0.2) is 71.6 Å². The minimum Gasteiger partial charge on any atom is -0.452 e. The van der Waals surface area contributed by atoms with Crippen LogP contribution in [-0.2, 0) is 38.3 Å². The molecule has 0 spiro atoms. The van der Waals surface area contributed by atoms with Crippen molar-refractivity contribution in [2.24, 2.45) is 0 Å². The van der Waals surface area contributed by atoms with Crippen molar-refractivity contribution >= 4 is 33.3 Å². The van der Waals surface area contributed by atoms with Crippen LogP contribution in [0.25, 0.3) is 0 Å². The number of para-hydroxylation sites is 1. The molecule has 1 aliphatic rings. The summed E-state index contributed by atoms with van der Waals surface area (Å²) < 4.78 is 110. The molecule has 206 valence electrons. The third-order valence-corrected chi connectivity index (χ3v) is 7.52. The molecule has 0 aromatic heterocycles. The number of nitrogens with zero attached hydrogens (tertiary/aromatic N) is 1. The summed E-state index contributed by atoms with van der Waals surface area (Å²) in [7, 11) is -4.05. The van der Waals surface area contributed by atoms with Gasteiger partial charge in [0.2, 0.25) is 0 Å². The van der Waals surface area contributed by atoms with Crippen LogP contribution >= 0.6 is 0 Å². The number of ether oxygens (including phenoxy) is 1. The molecule has 1 amide bonds. The van der Waals surface area contributed by atoms with Crippen molar-refractivity contribution in [3.8, 4) is 0 Å². The molecule has 3 aromatic rings. The highest BCUT2D eigenvalue weighted by atomic mass is 32.2. The molecule has 1 aliphatic heterocycles. The molecule has 0 bridgehead atoms. The first-order valence-electron chi connectivity index (χ1n) is 11.1. The van der Waals surface area contributed by atoms with Crippen LogP contribution in [0.2, 0.25) is 0 Å². The van der Waals surface area contributed by atoms with Gasteiger partial charge in [-0.25, -0.2) is 13.2 Å². The van der Waals surface area contributed by atoms with Gasteiger partial charge in [0.25, 0.3) is 15.9 Å². The van der Waals surface area contributed by atoms with E-state index in [1.54, 1.807) is 24.3 Å². The Balaban J connectivity index is 1.45. The van der Waals surface area contributed by atoms with Crippen LogP contribution in [0.1, 0.15) is 27.0 Å². The van der Waals surface area contributed by atoms with Crippen molar-refractivity contribution in [3.63, 3.8) is 0 Å². The molecule has 0 radical (unpaired) electrons.